The Morgan fingerprint density at radius 2 is 1.73 bits per heavy atom. The molecule has 0 radical (unpaired) electrons. The van der Waals surface area contributed by atoms with Crippen molar-refractivity contribution in [1.29, 1.82) is 0 Å². The van der Waals surface area contributed by atoms with Crippen molar-refractivity contribution in [3.63, 3.8) is 0 Å². The van der Waals surface area contributed by atoms with Gasteiger partial charge in [-0.2, -0.15) is 9.29 Å². The number of sulfonamides is 1. The van der Waals surface area contributed by atoms with Crippen LogP contribution in [0.3, 0.4) is 0 Å². The summed E-state index contributed by atoms with van der Waals surface area (Å²) in [6, 6.07) is 13.4. The molecule has 0 unspecified atom stereocenters. The number of rotatable bonds is 8. The summed E-state index contributed by atoms with van der Waals surface area (Å²) in [6.45, 7) is 1.12. The van der Waals surface area contributed by atoms with Gasteiger partial charge in [0.2, 0.25) is 27.6 Å². The van der Waals surface area contributed by atoms with Gasteiger partial charge in [0.1, 0.15) is 0 Å². The number of halogens is 1. The number of aryl methyl sites for hydroxylation is 1. The van der Waals surface area contributed by atoms with Gasteiger partial charge in [0.15, 0.2) is 0 Å². The molecule has 8 nitrogen and oxygen atoms in total. The third kappa shape index (κ3) is 5.98. The first-order valence-corrected chi connectivity index (χ1v) is 12.7. The molecule has 1 saturated heterocycles. The fraction of sp³-hybridized carbons (Fsp3) is 0.348. The van der Waals surface area contributed by atoms with Gasteiger partial charge in [-0.3, -0.25) is 4.79 Å². The minimum absolute atomic E-state index is 0.168. The Labute approximate surface area is 198 Å². The molecule has 2 aromatic carbocycles. The van der Waals surface area contributed by atoms with Gasteiger partial charge in [-0.1, -0.05) is 23.2 Å². The average molecular weight is 489 g/mol. The molecule has 0 saturated carbocycles. The van der Waals surface area contributed by atoms with E-state index in [4.69, 9.17) is 16.1 Å². The molecule has 1 fully saturated rings. The lowest BCUT2D eigenvalue weighted by Crippen LogP contribution is -2.35. The normalized spacial score (nSPS) is 14.8. The summed E-state index contributed by atoms with van der Waals surface area (Å²) < 4.78 is 32.2. The van der Waals surface area contributed by atoms with E-state index in [9.17, 15) is 13.2 Å². The van der Waals surface area contributed by atoms with E-state index in [1.165, 1.54) is 16.4 Å². The molecule has 0 spiro atoms. The molecule has 0 bridgehead atoms. The van der Waals surface area contributed by atoms with E-state index in [1.54, 1.807) is 24.3 Å². The topological polar surface area (TPSA) is 105 Å². The molecule has 2 heterocycles. The Morgan fingerprint density at radius 3 is 2.42 bits per heavy atom. The summed E-state index contributed by atoms with van der Waals surface area (Å²) in [6.07, 6.45) is 4.12. The van der Waals surface area contributed by atoms with Gasteiger partial charge >= 0.3 is 0 Å². The van der Waals surface area contributed by atoms with Gasteiger partial charge in [0.25, 0.3) is 0 Å². The maximum absolute atomic E-state index is 12.7. The summed E-state index contributed by atoms with van der Waals surface area (Å²) in [5, 5.41) is 7.39. The number of hydrogen-bond donors (Lipinski definition) is 1. The smallest absolute Gasteiger partial charge is 0.243 e. The largest absolute Gasteiger partial charge is 0.339 e. The van der Waals surface area contributed by atoms with Gasteiger partial charge in [0.05, 0.1) is 4.90 Å². The number of anilines is 1. The summed E-state index contributed by atoms with van der Waals surface area (Å²) in [7, 11) is -3.48. The zero-order valence-corrected chi connectivity index (χ0v) is 19.6. The van der Waals surface area contributed by atoms with Crippen LogP contribution in [0.1, 0.15) is 38.0 Å². The van der Waals surface area contributed by atoms with Crippen molar-refractivity contribution in [2.45, 2.75) is 43.4 Å². The van der Waals surface area contributed by atoms with E-state index >= 15 is 0 Å². The predicted octanol–water partition coefficient (Wildman–Crippen LogP) is 4.53. The van der Waals surface area contributed by atoms with Crippen LogP contribution in [0.5, 0.6) is 0 Å². The van der Waals surface area contributed by atoms with E-state index < -0.39 is 10.0 Å². The lowest BCUT2D eigenvalue weighted by molar-refractivity contribution is -0.116. The van der Waals surface area contributed by atoms with Crippen LogP contribution in [0.2, 0.25) is 5.02 Å². The molecule has 10 heteroatoms. The third-order valence-corrected chi connectivity index (χ3v) is 7.62. The Bertz CT molecular complexity index is 1190. The monoisotopic (exact) mass is 488 g/mol. The van der Waals surface area contributed by atoms with E-state index in [-0.39, 0.29) is 17.2 Å². The number of piperidine rings is 1. The zero-order valence-electron chi connectivity index (χ0n) is 18.0. The van der Waals surface area contributed by atoms with Gasteiger partial charge in [-0.25, -0.2) is 8.42 Å². The van der Waals surface area contributed by atoms with Crippen molar-refractivity contribution in [2.75, 3.05) is 18.4 Å². The molecular weight excluding hydrogens is 464 g/mol. The van der Waals surface area contributed by atoms with Crippen molar-refractivity contribution in [1.82, 2.24) is 14.4 Å². The maximum Gasteiger partial charge on any atom is 0.243 e. The summed E-state index contributed by atoms with van der Waals surface area (Å²) in [5.41, 5.74) is 1.36. The van der Waals surface area contributed by atoms with Crippen LogP contribution in [0.25, 0.3) is 11.4 Å². The molecule has 1 aliphatic rings. The molecule has 0 atom stereocenters. The second kappa shape index (κ2) is 10.5. The van der Waals surface area contributed by atoms with Crippen LogP contribution < -0.4 is 5.32 Å². The first kappa shape index (κ1) is 23.4. The highest BCUT2D eigenvalue weighted by atomic mass is 35.5. The molecule has 0 aliphatic carbocycles. The first-order valence-electron chi connectivity index (χ1n) is 10.9. The molecule has 1 N–H and O–H groups in total. The highest BCUT2D eigenvalue weighted by molar-refractivity contribution is 7.89. The summed E-state index contributed by atoms with van der Waals surface area (Å²) >= 11 is 5.89. The number of carbonyl (C=O) groups excluding carboxylic acids is 1. The number of carbonyl (C=O) groups is 1. The Morgan fingerprint density at radius 1 is 1.03 bits per heavy atom. The highest BCUT2D eigenvalue weighted by Crippen LogP contribution is 2.22. The first-order chi connectivity index (χ1) is 15.9. The van der Waals surface area contributed by atoms with Crippen molar-refractivity contribution >= 4 is 33.2 Å². The van der Waals surface area contributed by atoms with Gasteiger partial charge in [0, 0.05) is 42.2 Å². The highest BCUT2D eigenvalue weighted by Gasteiger charge is 2.25. The van der Waals surface area contributed by atoms with Crippen molar-refractivity contribution < 1.29 is 17.7 Å². The van der Waals surface area contributed by atoms with Crippen molar-refractivity contribution in [3.05, 3.63) is 59.4 Å². The SMILES string of the molecule is O=C(CCCc1nc(-c2ccc(Cl)cc2)no1)Nc1ccc(S(=O)(=O)N2CCCCC2)cc1. The molecule has 1 aliphatic heterocycles. The van der Waals surface area contributed by atoms with Crippen LogP contribution in [-0.4, -0.2) is 41.9 Å². The fourth-order valence-corrected chi connectivity index (χ4v) is 5.30. The standard InChI is InChI=1S/C23H25ClN4O4S/c24-18-9-7-17(8-10-18)23-26-22(32-27-23)6-4-5-21(29)25-19-11-13-20(14-12-19)33(30,31)28-15-2-1-3-16-28/h7-14H,1-6,15-16H2,(H,25,29). The lowest BCUT2D eigenvalue weighted by Gasteiger charge is -2.25. The lowest BCUT2D eigenvalue weighted by atomic mass is 10.2. The van der Waals surface area contributed by atoms with Crippen LogP contribution >= 0.6 is 11.6 Å². The number of aromatic nitrogens is 2. The number of amides is 1. The molecule has 3 aromatic rings. The Hall–Kier alpha value is -2.75. The summed E-state index contributed by atoms with van der Waals surface area (Å²) in [4.78, 5) is 16.9. The Balaban J connectivity index is 1.26. The third-order valence-electron chi connectivity index (χ3n) is 5.46. The molecule has 1 amide bonds. The number of hydrogen-bond acceptors (Lipinski definition) is 6. The van der Waals surface area contributed by atoms with E-state index in [1.807, 2.05) is 12.1 Å². The quantitative estimate of drug-likeness (QED) is 0.499. The minimum atomic E-state index is -3.48. The average Bonchev–Trinajstić information content (AvgIpc) is 3.29. The predicted molar refractivity (Wildman–Crippen MR) is 125 cm³/mol. The minimum Gasteiger partial charge on any atom is -0.339 e. The van der Waals surface area contributed by atoms with Crippen molar-refractivity contribution in [3.8, 4) is 11.4 Å². The molecule has 4 rings (SSSR count). The van der Waals surface area contributed by atoms with E-state index in [2.05, 4.69) is 15.5 Å². The molecule has 1 aromatic heterocycles. The molecule has 174 valence electrons. The Kier molecular flexibility index (Phi) is 7.42. The molecule has 33 heavy (non-hydrogen) atoms. The van der Waals surface area contributed by atoms with Crippen LogP contribution in [0.4, 0.5) is 5.69 Å². The number of nitrogens with zero attached hydrogens (tertiary/aromatic N) is 3. The van der Waals surface area contributed by atoms with Crippen LogP contribution in [0.15, 0.2) is 57.9 Å². The number of benzene rings is 2. The maximum atomic E-state index is 12.7. The molecular formula is C23H25ClN4O4S. The van der Waals surface area contributed by atoms with Crippen LogP contribution in [-0.2, 0) is 21.2 Å². The zero-order chi connectivity index (χ0) is 23.3. The summed E-state index contributed by atoms with van der Waals surface area (Å²) in [5.74, 6) is 0.768. The van der Waals surface area contributed by atoms with Crippen molar-refractivity contribution in [2.24, 2.45) is 0 Å². The van der Waals surface area contributed by atoms with Gasteiger partial charge in [-0.05, 0) is 67.8 Å². The van der Waals surface area contributed by atoms with E-state index in [0.717, 1.165) is 24.8 Å². The van der Waals surface area contributed by atoms with Gasteiger partial charge in [-0.15, -0.1) is 0 Å². The second-order valence-electron chi connectivity index (χ2n) is 7.91. The second-order valence-corrected chi connectivity index (χ2v) is 10.3. The van der Waals surface area contributed by atoms with E-state index in [0.29, 0.717) is 48.4 Å². The van der Waals surface area contributed by atoms with Gasteiger partial charge < -0.3 is 9.84 Å². The fourth-order valence-electron chi connectivity index (χ4n) is 3.66. The van der Waals surface area contributed by atoms with Crippen LogP contribution in [0, 0.1) is 0 Å². The number of nitrogens with one attached hydrogen (secondary N) is 1.